The Hall–Kier alpha value is -3.94. The zero-order chi connectivity index (χ0) is 25.1. The average Bonchev–Trinajstić information content (AvgIpc) is 3.28. The van der Waals surface area contributed by atoms with Crippen molar-refractivity contribution in [3.8, 4) is 0 Å². The Balaban J connectivity index is 1.31. The molecule has 1 atom stereocenters. The second-order valence-electron chi connectivity index (χ2n) is 7.85. The summed E-state index contributed by atoms with van der Waals surface area (Å²) in [5.74, 6) is -7.49. The van der Waals surface area contributed by atoms with Crippen LogP contribution in [0.3, 0.4) is 0 Å². The molecule has 14 heteroatoms. The fourth-order valence-corrected chi connectivity index (χ4v) is 3.61. The van der Waals surface area contributed by atoms with Crippen LogP contribution in [0, 0.1) is 23.4 Å². The SMILES string of the molecule is O=C(NC1=CNC(OC2CCC(C(=O)O)CC2)C=C1F)c1nnc(Nc2cc(F)c(F)cc2F)o1. The van der Waals surface area contributed by atoms with E-state index in [1.54, 1.807) is 0 Å². The molecule has 1 aromatic carbocycles. The van der Waals surface area contributed by atoms with Gasteiger partial charge in [0.15, 0.2) is 11.6 Å². The minimum absolute atomic E-state index is 0.236. The zero-order valence-electron chi connectivity index (χ0n) is 17.9. The third-order valence-electron chi connectivity index (χ3n) is 5.43. The number of carboxylic acids is 1. The second-order valence-corrected chi connectivity index (χ2v) is 7.85. The number of carbonyl (C=O) groups excluding carboxylic acids is 1. The van der Waals surface area contributed by atoms with Crippen molar-refractivity contribution in [1.82, 2.24) is 20.8 Å². The molecule has 10 nitrogen and oxygen atoms in total. The van der Waals surface area contributed by atoms with Gasteiger partial charge in [0.05, 0.1) is 23.4 Å². The van der Waals surface area contributed by atoms with Crippen LogP contribution in [0.1, 0.15) is 36.4 Å². The van der Waals surface area contributed by atoms with E-state index in [0.717, 1.165) is 6.08 Å². The van der Waals surface area contributed by atoms with Crippen molar-refractivity contribution < 1.29 is 41.4 Å². The molecular formula is C21H19F4N5O5. The first kappa shape index (κ1) is 24.2. The van der Waals surface area contributed by atoms with E-state index in [9.17, 15) is 27.2 Å². The number of nitrogens with zero attached hydrogens (tertiary/aromatic N) is 2. The maximum absolute atomic E-state index is 14.5. The van der Waals surface area contributed by atoms with E-state index in [-0.39, 0.29) is 11.8 Å². The Kier molecular flexibility index (Phi) is 7.00. The number of ether oxygens (including phenoxy) is 1. The summed E-state index contributed by atoms with van der Waals surface area (Å²) in [4.78, 5) is 23.3. The summed E-state index contributed by atoms with van der Waals surface area (Å²) in [6.45, 7) is 0. The van der Waals surface area contributed by atoms with Gasteiger partial charge in [0.2, 0.25) is 0 Å². The molecule has 186 valence electrons. The lowest BCUT2D eigenvalue weighted by molar-refractivity contribution is -0.144. The van der Waals surface area contributed by atoms with E-state index in [1.165, 1.54) is 6.20 Å². The molecule has 1 saturated carbocycles. The van der Waals surface area contributed by atoms with Crippen molar-refractivity contribution in [1.29, 1.82) is 0 Å². The van der Waals surface area contributed by atoms with Crippen LogP contribution in [0.2, 0.25) is 0 Å². The number of aromatic nitrogens is 2. The lowest BCUT2D eigenvalue weighted by atomic mass is 9.87. The molecule has 4 rings (SSSR count). The first-order valence-corrected chi connectivity index (χ1v) is 10.5. The van der Waals surface area contributed by atoms with E-state index >= 15 is 0 Å². The molecule has 0 spiro atoms. The summed E-state index contributed by atoms with van der Waals surface area (Å²) in [5.41, 5.74) is -0.751. The number of aliphatic carboxylic acids is 1. The van der Waals surface area contributed by atoms with E-state index in [1.807, 2.05) is 0 Å². The number of allylic oxidation sites excluding steroid dienone is 1. The summed E-state index contributed by atoms with van der Waals surface area (Å²) >= 11 is 0. The van der Waals surface area contributed by atoms with E-state index in [0.29, 0.717) is 37.8 Å². The Morgan fingerprint density at radius 1 is 1.06 bits per heavy atom. The molecule has 1 aliphatic heterocycles. The fourth-order valence-electron chi connectivity index (χ4n) is 3.61. The smallest absolute Gasteiger partial charge is 0.320 e. The second kappa shape index (κ2) is 10.1. The molecule has 2 aliphatic rings. The average molecular weight is 497 g/mol. The predicted molar refractivity (Wildman–Crippen MR) is 110 cm³/mol. The predicted octanol–water partition coefficient (Wildman–Crippen LogP) is 3.24. The molecule has 2 heterocycles. The van der Waals surface area contributed by atoms with Gasteiger partial charge in [-0.2, -0.15) is 0 Å². The molecule has 35 heavy (non-hydrogen) atoms. The highest BCUT2D eigenvalue weighted by atomic mass is 19.2. The molecule has 4 N–H and O–H groups in total. The monoisotopic (exact) mass is 497 g/mol. The van der Waals surface area contributed by atoms with Gasteiger partial charge in [-0.15, -0.1) is 5.10 Å². The Morgan fingerprint density at radius 3 is 2.46 bits per heavy atom. The van der Waals surface area contributed by atoms with Crippen LogP contribution in [0.5, 0.6) is 0 Å². The van der Waals surface area contributed by atoms with Gasteiger partial charge >= 0.3 is 23.8 Å². The topological polar surface area (TPSA) is 139 Å². The summed E-state index contributed by atoms with van der Waals surface area (Å²) < 4.78 is 65.3. The normalized spacial score (nSPS) is 22.0. The molecule has 1 aliphatic carbocycles. The van der Waals surface area contributed by atoms with Crippen molar-refractivity contribution >= 4 is 23.6 Å². The first-order chi connectivity index (χ1) is 16.7. The lowest BCUT2D eigenvalue weighted by Gasteiger charge is -2.30. The van der Waals surface area contributed by atoms with Crippen LogP contribution in [0.15, 0.2) is 40.3 Å². The molecule has 0 radical (unpaired) electrons. The minimum atomic E-state index is -1.39. The van der Waals surface area contributed by atoms with Crippen molar-refractivity contribution in [2.75, 3.05) is 5.32 Å². The van der Waals surface area contributed by atoms with Gasteiger partial charge < -0.3 is 30.2 Å². The molecule has 1 fully saturated rings. The number of anilines is 2. The molecule has 0 bridgehead atoms. The fraction of sp³-hybridized carbons (Fsp3) is 0.333. The van der Waals surface area contributed by atoms with E-state index in [2.05, 4.69) is 26.1 Å². The van der Waals surface area contributed by atoms with Gasteiger partial charge in [-0.05, 0) is 25.7 Å². The standard InChI is InChI=1S/C21H19F4N5O5/c22-11-5-13(24)15(6-12(11)23)28-21-30-29-19(35-21)18(31)27-16-8-26-17(7-14(16)25)34-10-3-1-9(2-4-10)20(32)33/h5-10,17,26H,1-4H2,(H,27,31)(H,28,30)(H,32,33). The number of hydrogen-bond acceptors (Lipinski definition) is 8. The maximum atomic E-state index is 14.5. The number of dihydropyridines is 1. The van der Waals surface area contributed by atoms with Crippen LogP contribution in [-0.2, 0) is 9.53 Å². The van der Waals surface area contributed by atoms with Gasteiger partial charge in [0.25, 0.3) is 0 Å². The number of amides is 1. The van der Waals surface area contributed by atoms with Gasteiger partial charge in [-0.25, -0.2) is 17.6 Å². The van der Waals surface area contributed by atoms with Crippen LogP contribution in [0.25, 0.3) is 0 Å². The number of benzene rings is 1. The van der Waals surface area contributed by atoms with Crippen molar-refractivity contribution in [3.63, 3.8) is 0 Å². The van der Waals surface area contributed by atoms with Crippen molar-refractivity contribution in [2.24, 2.45) is 5.92 Å². The Morgan fingerprint density at radius 2 is 1.77 bits per heavy atom. The van der Waals surface area contributed by atoms with Crippen LogP contribution in [0.4, 0.5) is 29.3 Å². The molecule has 0 saturated heterocycles. The van der Waals surface area contributed by atoms with Gasteiger partial charge in [-0.3, -0.25) is 9.59 Å². The first-order valence-electron chi connectivity index (χ1n) is 10.5. The van der Waals surface area contributed by atoms with Crippen molar-refractivity contribution in [3.05, 3.63) is 59.3 Å². The van der Waals surface area contributed by atoms with E-state index in [4.69, 9.17) is 14.3 Å². The lowest BCUT2D eigenvalue weighted by Crippen LogP contribution is -2.37. The number of halogens is 4. The van der Waals surface area contributed by atoms with Gasteiger partial charge in [0, 0.05) is 24.4 Å². The Labute approximate surface area is 195 Å². The van der Waals surface area contributed by atoms with E-state index < -0.39 is 64.9 Å². The molecule has 2 aromatic rings. The summed E-state index contributed by atoms with van der Waals surface area (Å²) in [6.07, 6.45) is 3.23. The number of carboxylic acid groups (broad SMARTS) is 1. The highest BCUT2D eigenvalue weighted by Crippen LogP contribution is 2.28. The third kappa shape index (κ3) is 5.77. The molecule has 1 amide bonds. The van der Waals surface area contributed by atoms with Crippen LogP contribution >= 0.6 is 0 Å². The zero-order valence-corrected chi connectivity index (χ0v) is 17.9. The number of rotatable bonds is 7. The summed E-state index contributed by atoms with van der Waals surface area (Å²) in [5, 5.41) is 23.2. The van der Waals surface area contributed by atoms with Crippen LogP contribution in [-0.4, -0.2) is 39.5 Å². The molecule has 1 unspecified atom stereocenters. The minimum Gasteiger partial charge on any atom is -0.481 e. The highest BCUT2D eigenvalue weighted by molar-refractivity contribution is 5.91. The van der Waals surface area contributed by atoms with Crippen molar-refractivity contribution in [2.45, 2.75) is 38.0 Å². The Bertz CT molecular complexity index is 1190. The number of carbonyl (C=O) groups is 2. The summed E-state index contributed by atoms with van der Waals surface area (Å²) in [7, 11) is 0. The van der Waals surface area contributed by atoms with Gasteiger partial charge in [-0.1, -0.05) is 5.10 Å². The number of nitrogens with one attached hydrogen (secondary N) is 3. The largest absolute Gasteiger partial charge is 0.481 e. The maximum Gasteiger partial charge on any atom is 0.320 e. The quantitative estimate of drug-likeness (QED) is 0.335. The summed E-state index contributed by atoms with van der Waals surface area (Å²) in [6, 6.07) is 0.360. The van der Waals surface area contributed by atoms with Gasteiger partial charge in [0.1, 0.15) is 17.9 Å². The highest BCUT2D eigenvalue weighted by Gasteiger charge is 2.29. The molecule has 1 aromatic heterocycles. The molecular weight excluding hydrogens is 478 g/mol. The number of hydrogen-bond donors (Lipinski definition) is 4. The van der Waals surface area contributed by atoms with Crippen LogP contribution < -0.4 is 16.0 Å². The third-order valence-corrected chi connectivity index (χ3v) is 5.43.